The SMILES string of the molecule is CC.CNC(=O)CCC(C(=O)O)N1CCN(C(=O)O)CCN(C(=O)O)CCN(C(=O)O)CC1. The third kappa shape index (κ3) is 10.7. The lowest BCUT2D eigenvalue weighted by atomic mass is 10.1. The van der Waals surface area contributed by atoms with Gasteiger partial charge in [0.2, 0.25) is 5.91 Å². The van der Waals surface area contributed by atoms with Crippen molar-refractivity contribution in [3.05, 3.63) is 0 Å². The van der Waals surface area contributed by atoms with Gasteiger partial charge in [0, 0.05) is 65.8 Å². The van der Waals surface area contributed by atoms with Crippen LogP contribution < -0.4 is 5.32 Å². The highest BCUT2D eigenvalue weighted by molar-refractivity contribution is 5.78. The first-order chi connectivity index (χ1) is 15.6. The summed E-state index contributed by atoms with van der Waals surface area (Å²) in [4.78, 5) is 62.2. The molecule has 1 atom stereocenters. The second kappa shape index (κ2) is 15.5. The minimum Gasteiger partial charge on any atom is -0.480 e. The third-order valence-electron chi connectivity index (χ3n) is 5.06. The molecule has 14 heteroatoms. The van der Waals surface area contributed by atoms with E-state index in [9.17, 15) is 44.4 Å². The van der Waals surface area contributed by atoms with Crippen LogP contribution in [0.5, 0.6) is 0 Å². The molecule has 0 radical (unpaired) electrons. The van der Waals surface area contributed by atoms with E-state index in [1.165, 1.54) is 11.9 Å². The predicted molar refractivity (Wildman–Crippen MR) is 116 cm³/mol. The standard InChI is InChI=1S/C17H29N5O9.C2H6/c1-18-13(23)3-2-12(14(24)25)19-4-6-20(15(26)27)8-10-22(17(30)31)11-9-21(7-5-19)16(28)29;1-2/h12H,2-11H2,1H3,(H,18,23)(H,24,25)(H,26,27)(H,28,29)(H,30,31);1-2H3. The number of carboxylic acid groups (broad SMARTS) is 4. The highest BCUT2D eigenvalue weighted by Crippen LogP contribution is 2.10. The molecule has 0 aliphatic carbocycles. The molecular weight excluding hydrogens is 442 g/mol. The van der Waals surface area contributed by atoms with Gasteiger partial charge in [-0.05, 0) is 6.42 Å². The van der Waals surface area contributed by atoms with E-state index < -0.39 is 30.3 Å². The first-order valence-electron chi connectivity index (χ1n) is 10.7. The zero-order valence-electron chi connectivity index (χ0n) is 19.3. The molecule has 0 saturated carbocycles. The summed E-state index contributed by atoms with van der Waals surface area (Å²) in [6, 6.07) is -1.12. The minimum absolute atomic E-state index is 0.0302. The Balaban J connectivity index is 0.00000497. The molecule has 0 aromatic carbocycles. The zero-order valence-corrected chi connectivity index (χ0v) is 19.3. The first-order valence-corrected chi connectivity index (χ1v) is 10.7. The predicted octanol–water partition coefficient (Wildman–Crippen LogP) is 0.248. The van der Waals surface area contributed by atoms with E-state index in [-0.39, 0.29) is 71.1 Å². The summed E-state index contributed by atoms with van der Waals surface area (Å²) in [6.45, 7) is 3.09. The van der Waals surface area contributed by atoms with Crippen molar-refractivity contribution in [2.45, 2.75) is 32.7 Å². The highest BCUT2D eigenvalue weighted by atomic mass is 16.4. The van der Waals surface area contributed by atoms with Gasteiger partial charge in [-0.3, -0.25) is 14.5 Å². The maximum atomic E-state index is 11.8. The third-order valence-corrected chi connectivity index (χ3v) is 5.06. The molecule has 1 heterocycles. The summed E-state index contributed by atoms with van der Waals surface area (Å²) in [5, 5.41) is 40.1. The molecular formula is C19H35N5O9. The van der Waals surface area contributed by atoms with Crippen molar-refractivity contribution >= 4 is 30.2 Å². The van der Waals surface area contributed by atoms with Gasteiger partial charge in [-0.1, -0.05) is 13.8 Å². The molecule has 190 valence electrons. The van der Waals surface area contributed by atoms with Crippen LogP contribution in [0.4, 0.5) is 14.4 Å². The Morgan fingerprint density at radius 1 is 0.697 bits per heavy atom. The number of hydrogen-bond donors (Lipinski definition) is 5. The van der Waals surface area contributed by atoms with Gasteiger partial charge in [0.15, 0.2) is 0 Å². The Bertz CT molecular complexity index is 646. The van der Waals surface area contributed by atoms with Gasteiger partial charge in [-0.15, -0.1) is 0 Å². The molecule has 0 aromatic heterocycles. The average Bonchev–Trinajstić information content (AvgIpc) is 2.75. The van der Waals surface area contributed by atoms with Gasteiger partial charge in [0.1, 0.15) is 6.04 Å². The first kappa shape index (κ1) is 29.7. The maximum Gasteiger partial charge on any atom is 0.407 e. The number of carbonyl (C=O) groups is 5. The van der Waals surface area contributed by atoms with Gasteiger partial charge in [0.05, 0.1) is 0 Å². The van der Waals surface area contributed by atoms with Crippen LogP contribution in [0.3, 0.4) is 0 Å². The van der Waals surface area contributed by atoms with Crippen LogP contribution in [0.15, 0.2) is 0 Å². The van der Waals surface area contributed by atoms with E-state index in [2.05, 4.69) is 5.32 Å². The number of carboxylic acids is 1. The molecule has 1 unspecified atom stereocenters. The lowest BCUT2D eigenvalue weighted by Gasteiger charge is -2.34. The molecule has 1 saturated heterocycles. The molecule has 1 aliphatic heterocycles. The molecule has 1 fully saturated rings. The Morgan fingerprint density at radius 3 is 1.30 bits per heavy atom. The van der Waals surface area contributed by atoms with Gasteiger partial charge >= 0.3 is 24.2 Å². The van der Waals surface area contributed by atoms with Gasteiger partial charge < -0.3 is 40.4 Å². The Labute approximate surface area is 192 Å². The smallest absolute Gasteiger partial charge is 0.407 e. The van der Waals surface area contributed by atoms with Gasteiger partial charge in [-0.2, -0.15) is 0 Å². The molecule has 33 heavy (non-hydrogen) atoms. The molecule has 4 amide bonds. The molecule has 14 nitrogen and oxygen atoms in total. The van der Waals surface area contributed by atoms with Crippen molar-refractivity contribution in [1.29, 1.82) is 0 Å². The number of amides is 4. The zero-order chi connectivity index (χ0) is 25.6. The second-order valence-electron chi connectivity index (χ2n) is 6.91. The van der Waals surface area contributed by atoms with E-state index in [0.29, 0.717) is 0 Å². The van der Waals surface area contributed by atoms with Crippen molar-refractivity contribution < 1.29 is 44.4 Å². The molecule has 0 spiro atoms. The number of carbonyl (C=O) groups excluding carboxylic acids is 1. The van der Waals surface area contributed by atoms with Crippen LogP contribution >= 0.6 is 0 Å². The van der Waals surface area contributed by atoms with E-state index in [4.69, 9.17) is 0 Å². The largest absolute Gasteiger partial charge is 0.480 e. The summed E-state index contributed by atoms with van der Waals surface area (Å²) < 4.78 is 0. The van der Waals surface area contributed by atoms with Crippen LogP contribution in [0.1, 0.15) is 26.7 Å². The van der Waals surface area contributed by atoms with Crippen molar-refractivity contribution in [3.8, 4) is 0 Å². The van der Waals surface area contributed by atoms with Gasteiger partial charge in [0.25, 0.3) is 0 Å². The monoisotopic (exact) mass is 477 g/mol. The number of hydrogen-bond acceptors (Lipinski definition) is 6. The number of aliphatic carboxylic acids is 1. The lowest BCUT2D eigenvalue weighted by Crippen LogP contribution is -2.52. The van der Waals surface area contributed by atoms with E-state index in [0.717, 1.165) is 14.7 Å². The quantitative estimate of drug-likeness (QED) is 0.366. The van der Waals surface area contributed by atoms with E-state index >= 15 is 0 Å². The topological polar surface area (TPSA) is 191 Å². The lowest BCUT2D eigenvalue weighted by molar-refractivity contribution is -0.143. The van der Waals surface area contributed by atoms with Crippen molar-refractivity contribution in [2.75, 3.05) is 59.4 Å². The van der Waals surface area contributed by atoms with Crippen molar-refractivity contribution in [1.82, 2.24) is 24.9 Å². The number of rotatable bonds is 5. The second-order valence-corrected chi connectivity index (χ2v) is 6.91. The average molecular weight is 478 g/mol. The Hall–Kier alpha value is -3.29. The van der Waals surface area contributed by atoms with Gasteiger partial charge in [-0.25, -0.2) is 14.4 Å². The summed E-state index contributed by atoms with van der Waals surface area (Å²) in [6.07, 6.45) is -3.97. The van der Waals surface area contributed by atoms with Crippen molar-refractivity contribution in [2.24, 2.45) is 0 Å². The fourth-order valence-electron chi connectivity index (χ4n) is 3.17. The summed E-state index contributed by atoms with van der Waals surface area (Å²) in [5.74, 6) is -1.56. The molecule has 5 N–H and O–H groups in total. The summed E-state index contributed by atoms with van der Waals surface area (Å²) in [7, 11) is 1.42. The summed E-state index contributed by atoms with van der Waals surface area (Å²) >= 11 is 0. The molecule has 1 aliphatic rings. The maximum absolute atomic E-state index is 11.8. The van der Waals surface area contributed by atoms with Crippen LogP contribution in [0.2, 0.25) is 0 Å². The van der Waals surface area contributed by atoms with Crippen LogP contribution in [-0.2, 0) is 9.59 Å². The van der Waals surface area contributed by atoms with Crippen LogP contribution in [0.25, 0.3) is 0 Å². The highest BCUT2D eigenvalue weighted by Gasteiger charge is 2.29. The normalized spacial score (nSPS) is 16.9. The fourth-order valence-corrected chi connectivity index (χ4v) is 3.17. The summed E-state index contributed by atoms with van der Waals surface area (Å²) in [5.41, 5.74) is 0. The Morgan fingerprint density at radius 2 is 1.03 bits per heavy atom. The number of nitrogens with one attached hydrogen (secondary N) is 1. The molecule has 0 aromatic rings. The molecule has 1 rings (SSSR count). The minimum atomic E-state index is -1.30. The van der Waals surface area contributed by atoms with Crippen LogP contribution in [-0.4, -0.2) is 136 Å². The van der Waals surface area contributed by atoms with E-state index in [1.54, 1.807) is 0 Å². The van der Waals surface area contributed by atoms with E-state index in [1.807, 2.05) is 13.8 Å². The van der Waals surface area contributed by atoms with Crippen molar-refractivity contribution in [3.63, 3.8) is 0 Å². The van der Waals surface area contributed by atoms with Crippen LogP contribution in [0, 0.1) is 0 Å². The number of nitrogens with zero attached hydrogens (tertiary/aromatic N) is 4. The Kier molecular flexibility index (Phi) is 14.0. The fraction of sp³-hybridized carbons (Fsp3) is 0.737. The molecule has 0 bridgehead atoms.